The predicted octanol–water partition coefficient (Wildman–Crippen LogP) is 3.74. The Morgan fingerprint density at radius 1 is 1.19 bits per heavy atom. The zero-order valence-corrected chi connectivity index (χ0v) is 12.0. The van der Waals surface area contributed by atoms with Crippen molar-refractivity contribution in [3.05, 3.63) is 35.4 Å². The van der Waals surface area contributed by atoms with Gasteiger partial charge in [-0.3, -0.25) is 0 Å². The molecule has 0 fully saturated rings. The van der Waals surface area contributed by atoms with Gasteiger partial charge in [-0.2, -0.15) is 0 Å². The van der Waals surface area contributed by atoms with E-state index in [1.807, 2.05) is 0 Å². The van der Waals surface area contributed by atoms with Crippen molar-refractivity contribution in [2.75, 3.05) is 0 Å². The first-order valence-electron chi connectivity index (χ1n) is 5.89. The highest BCUT2D eigenvalue weighted by Gasteiger charge is 2.12. The molecule has 88 valence electrons. The van der Waals surface area contributed by atoms with Crippen LogP contribution in [0.4, 0.5) is 0 Å². The van der Waals surface area contributed by atoms with Gasteiger partial charge in [0.1, 0.15) is 0 Å². The van der Waals surface area contributed by atoms with Crippen molar-refractivity contribution < 1.29 is 4.43 Å². The highest BCUT2D eigenvalue weighted by atomic mass is 28.2. The average Bonchev–Trinajstić information content (AvgIpc) is 2.16. The van der Waals surface area contributed by atoms with E-state index in [-0.39, 0.29) is 5.60 Å². The predicted molar refractivity (Wildman–Crippen MR) is 70.8 cm³/mol. The van der Waals surface area contributed by atoms with Gasteiger partial charge in [-0.15, -0.1) is 0 Å². The fourth-order valence-corrected chi connectivity index (χ4v) is 2.57. The quantitative estimate of drug-likeness (QED) is 0.721. The summed E-state index contributed by atoms with van der Waals surface area (Å²) in [6.07, 6.45) is 0. The SMILES string of the molecule is CC(C)c1ccccc1C[Si]OC(C)(C)C. The summed E-state index contributed by atoms with van der Waals surface area (Å²) in [5.41, 5.74) is 2.86. The third-order valence-electron chi connectivity index (χ3n) is 2.32. The highest BCUT2D eigenvalue weighted by Crippen LogP contribution is 2.19. The van der Waals surface area contributed by atoms with Crippen LogP contribution in [-0.4, -0.2) is 15.4 Å². The molecule has 2 heteroatoms. The van der Waals surface area contributed by atoms with Crippen molar-refractivity contribution in [2.24, 2.45) is 0 Å². The van der Waals surface area contributed by atoms with Crippen LogP contribution in [0, 0.1) is 0 Å². The smallest absolute Gasteiger partial charge is 0.235 e. The third kappa shape index (κ3) is 4.50. The van der Waals surface area contributed by atoms with Gasteiger partial charge in [0.05, 0.1) is 0 Å². The van der Waals surface area contributed by atoms with E-state index in [1.165, 1.54) is 11.1 Å². The van der Waals surface area contributed by atoms with Gasteiger partial charge in [0, 0.05) is 5.60 Å². The molecular formula is C14H22OSi. The molecule has 0 bridgehead atoms. The Morgan fingerprint density at radius 3 is 2.38 bits per heavy atom. The second-order valence-electron chi connectivity index (χ2n) is 5.39. The Bertz CT molecular complexity index is 326. The number of rotatable bonds is 4. The van der Waals surface area contributed by atoms with Crippen molar-refractivity contribution >= 4 is 9.76 Å². The van der Waals surface area contributed by atoms with Crippen LogP contribution in [-0.2, 0) is 10.5 Å². The van der Waals surface area contributed by atoms with Crippen LogP contribution < -0.4 is 0 Å². The summed E-state index contributed by atoms with van der Waals surface area (Å²) in [5.74, 6) is 0.593. The second kappa shape index (κ2) is 5.64. The van der Waals surface area contributed by atoms with Crippen molar-refractivity contribution in [3.63, 3.8) is 0 Å². The zero-order chi connectivity index (χ0) is 12.2. The number of hydrogen-bond acceptors (Lipinski definition) is 1. The molecule has 1 aromatic carbocycles. The molecule has 0 amide bonds. The average molecular weight is 234 g/mol. The van der Waals surface area contributed by atoms with Gasteiger partial charge in [-0.25, -0.2) is 0 Å². The molecule has 0 aromatic heterocycles. The van der Waals surface area contributed by atoms with E-state index in [4.69, 9.17) is 4.43 Å². The lowest BCUT2D eigenvalue weighted by atomic mass is 9.98. The lowest BCUT2D eigenvalue weighted by Gasteiger charge is -2.20. The molecule has 1 rings (SSSR count). The summed E-state index contributed by atoms with van der Waals surface area (Å²) in [5, 5.41) is 0. The van der Waals surface area contributed by atoms with Gasteiger partial charge >= 0.3 is 0 Å². The highest BCUT2D eigenvalue weighted by molar-refractivity contribution is 6.26. The fraction of sp³-hybridized carbons (Fsp3) is 0.571. The first-order chi connectivity index (χ1) is 7.40. The Kier molecular flexibility index (Phi) is 4.75. The molecule has 1 nitrogen and oxygen atoms in total. The van der Waals surface area contributed by atoms with Gasteiger partial charge in [-0.05, 0) is 43.9 Å². The maximum Gasteiger partial charge on any atom is 0.235 e. The fourth-order valence-electron chi connectivity index (χ4n) is 1.59. The maximum absolute atomic E-state index is 5.80. The van der Waals surface area contributed by atoms with E-state index in [0.717, 1.165) is 6.04 Å². The Balaban J connectivity index is 2.60. The van der Waals surface area contributed by atoms with E-state index in [0.29, 0.717) is 15.7 Å². The summed E-state index contributed by atoms with van der Waals surface area (Å²) in [7, 11) is 0.550. The molecule has 16 heavy (non-hydrogen) atoms. The van der Waals surface area contributed by atoms with Crippen LogP contribution in [0.25, 0.3) is 0 Å². The summed E-state index contributed by atoms with van der Waals surface area (Å²) in [6.45, 7) is 10.8. The molecule has 0 atom stereocenters. The molecule has 0 heterocycles. The summed E-state index contributed by atoms with van der Waals surface area (Å²) >= 11 is 0. The van der Waals surface area contributed by atoms with E-state index >= 15 is 0 Å². The Labute approximate surface area is 102 Å². The Morgan fingerprint density at radius 2 is 1.81 bits per heavy atom. The van der Waals surface area contributed by atoms with E-state index in [2.05, 4.69) is 58.9 Å². The van der Waals surface area contributed by atoms with Gasteiger partial charge in [0.2, 0.25) is 9.76 Å². The molecular weight excluding hydrogens is 212 g/mol. The third-order valence-corrected chi connectivity index (χ3v) is 3.60. The first kappa shape index (κ1) is 13.5. The lowest BCUT2D eigenvalue weighted by Crippen LogP contribution is -2.23. The maximum atomic E-state index is 5.80. The monoisotopic (exact) mass is 234 g/mol. The summed E-state index contributed by atoms with van der Waals surface area (Å²) in [4.78, 5) is 0. The number of hydrogen-bond donors (Lipinski definition) is 0. The van der Waals surface area contributed by atoms with Gasteiger partial charge in [0.25, 0.3) is 0 Å². The van der Waals surface area contributed by atoms with E-state index in [9.17, 15) is 0 Å². The van der Waals surface area contributed by atoms with Crippen LogP contribution in [0.5, 0.6) is 0 Å². The molecule has 1 aromatic rings. The summed E-state index contributed by atoms with van der Waals surface area (Å²) < 4.78 is 5.80. The van der Waals surface area contributed by atoms with E-state index in [1.54, 1.807) is 0 Å². The molecule has 0 saturated heterocycles. The summed E-state index contributed by atoms with van der Waals surface area (Å²) in [6, 6.07) is 9.71. The first-order valence-corrected chi connectivity index (χ1v) is 7.00. The standard InChI is InChI=1S/C14H22OSi/c1-11(2)13-9-7-6-8-12(13)10-16-15-14(3,4)5/h6-9,11H,10H2,1-5H3. The molecule has 0 aliphatic carbocycles. The molecule has 0 aliphatic rings. The van der Waals surface area contributed by atoms with Crippen LogP contribution in [0.1, 0.15) is 51.7 Å². The Hall–Kier alpha value is -0.603. The minimum absolute atomic E-state index is 0.0226. The molecule has 0 unspecified atom stereocenters. The normalized spacial score (nSPS) is 12.1. The molecule has 0 spiro atoms. The lowest BCUT2D eigenvalue weighted by molar-refractivity contribution is 0.138. The van der Waals surface area contributed by atoms with Crippen LogP contribution >= 0.6 is 0 Å². The molecule has 0 N–H and O–H groups in total. The van der Waals surface area contributed by atoms with Gasteiger partial charge in [-0.1, -0.05) is 38.1 Å². The second-order valence-corrected chi connectivity index (χ2v) is 6.24. The topological polar surface area (TPSA) is 9.23 Å². The van der Waals surface area contributed by atoms with Crippen molar-refractivity contribution in [3.8, 4) is 0 Å². The molecule has 0 saturated carbocycles. The van der Waals surface area contributed by atoms with Crippen LogP contribution in [0.2, 0.25) is 0 Å². The van der Waals surface area contributed by atoms with Gasteiger partial charge < -0.3 is 4.43 Å². The molecule has 0 aliphatic heterocycles. The minimum Gasteiger partial charge on any atom is -0.412 e. The van der Waals surface area contributed by atoms with Crippen LogP contribution in [0.15, 0.2) is 24.3 Å². The van der Waals surface area contributed by atoms with E-state index < -0.39 is 0 Å². The van der Waals surface area contributed by atoms with Gasteiger partial charge in [0.15, 0.2) is 0 Å². The molecule has 2 radical (unpaired) electrons. The van der Waals surface area contributed by atoms with Crippen molar-refractivity contribution in [2.45, 2.75) is 52.2 Å². The largest absolute Gasteiger partial charge is 0.412 e. The zero-order valence-electron chi connectivity index (χ0n) is 11.0. The minimum atomic E-state index is -0.0226. The van der Waals surface area contributed by atoms with Crippen LogP contribution in [0.3, 0.4) is 0 Å². The van der Waals surface area contributed by atoms with Crippen molar-refractivity contribution in [1.82, 2.24) is 0 Å². The van der Waals surface area contributed by atoms with Crippen molar-refractivity contribution in [1.29, 1.82) is 0 Å². The number of benzene rings is 1.